The summed E-state index contributed by atoms with van der Waals surface area (Å²) in [5.41, 5.74) is 1.56. The van der Waals surface area contributed by atoms with Gasteiger partial charge in [0.1, 0.15) is 6.10 Å². The number of carboxylic acids is 1. The summed E-state index contributed by atoms with van der Waals surface area (Å²) < 4.78 is 0. The van der Waals surface area contributed by atoms with Crippen molar-refractivity contribution in [2.24, 2.45) is 0 Å². The zero-order valence-electron chi connectivity index (χ0n) is 10.4. The van der Waals surface area contributed by atoms with Gasteiger partial charge in [0.05, 0.1) is 0 Å². The molecule has 1 rings (SSSR count). The van der Waals surface area contributed by atoms with Gasteiger partial charge in [0.2, 0.25) is 5.91 Å². The number of rotatable bonds is 5. The Morgan fingerprint density at radius 2 is 1.83 bits per heavy atom. The van der Waals surface area contributed by atoms with E-state index in [1.54, 1.807) is 12.1 Å². The monoisotopic (exact) mass is 251 g/mol. The number of aliphatic hydroxyl groups is 1. The van der Waals surface area contributed by atoms with E-state index >= 15 is 0 Å². The Kier molecular flexibility index (Phi) is 4.85. The first kappa shape index (κ1) is 14.2. The van der Waals surface area contributed by atoms with E-state index in [-0.39, 0.29) is 0 Å². The van der Waals surface area contributed by atoms with Gasteiger partial charge in [0.25, 0.3) is 0 Å². The highest BCUT2D eigenvalue weighted by molar-refractivity contribution is 5.82. The van der Waals surface area contributed by atoms with Crippen LogP contribution < -0.4 is 5.32 Å². The van der Waals surface area contributed by atoms with Crippen molar-refractivity contribution >= 4 is 11.9 Å². The number of carbonyl (C=O) groups is 2. The van der Waals surface area contributed by atoms with E-state index in [1.807, 2.05) is 19.1 Å². The lowest BCUT2D eigenvalue weighted by Gasteiger charge is -2.20. The molecule has 0 aliphatic carbocycles. The molecule has 1 aromatic carbocycles. The third-order valence-electron chi connectivity index (χ3n) is 2.67. The van der Waals surface area contributed by atoms with Gasteiger partial charge in [-0.1, -0.05) is 31.2 Å². The fourth-order valence-corrected chi connectivity index (χ4v) is 1.64. The highest BCUT2D eigenvalue weighted by Crippen LogP contribution is 2.18. The minimum absolute atomic E-state index is 0.466. The molecule has 0 fully saturated rings. The molecule has 1 amide bonds. The summed E-state index contributed by atoms with van der Waals surface area (Å²) in [4.78, 5) is 21.9. The number of carboxylic acid groups (broad SMARTS) is 1. The zero-order valence-corrected chi connectivity index (χ0v) is 10.4. The van der Waals surface area contributed by atoms with Crippen molar-refractivity contribution < 1.29 is 19.8 Å². The van der Waals surface area contributed by atoms with Crippen LogP contribution >= 0.6 is 0 Å². The molecule has 5 nitrogen and oxygen atoms in total. The Morgan fingerprint density at radius 1 is 1.28 bits per heavy atom. The topological polar surface area (TPSA) is 86.6 Å². The van der Waals surface area contributed by atoms with Gasteiger partial charge < -0.3 is 15.5 Å². The van der Waals surface area contributed by atoms with E-state index in [1.165, 1.54) is 6.92 Å². The van der Waals surface area contributed by atoms with Crippen LogP contribution in [0.5, 0.6) is 0 Å². The van der Waals surface area contributed by atoms with Gasteiger partial charge in [-0.15, -0.1) is 0 Å². The minimum atomic E-state index is -1.34. The lowest BCUT2D eigenvalue weighted by atomic mass is 10.0. The Labute approximate surface area is 105 Å². The van der Waals surface area contributed by atoms with Crippen LogP contribution in [-0.4, -0.2) is 28.1 Å². The number of aryl methyl sites for hydroxylation is 1. The molecule has 5 heteroatoms. The molecule has 0 saturated carbocycles. The molecule has 0 bridgehead atoms. The number of amides is 1. The zero-order chi connectivity index (χ0) is 13.7. The van der Waals surface area contributed by atoms with Crippen molar-refractivity contribution in [3.05, 3.63) is 35.4 Å². The van der Waals surface area contributed by atoms with Gasteiger partial charge in [-0.25, -0.2) is 4.79 Å². The summed E-state index contributed by atoms with van der Waals surface area (Å²) in [6, 6.07) is 5.65. The fraction of sp³-hybridized carbons (Fsp3) is 0.385. The molecular formula is C13H17NO4. The van der Waals surface area contributed by atoms with Gasteiger partial charge in [-0.2, -0.15) is 0 Å². The van der Waals surface area contributed by atoms with Crippen molar-refractivity contribution in [2.75, 3.05) is 0 Å². The van der Waals surface area contributed by atoms with Gasteiger partial charge in [-0.05, 0) is 17.5 Å². The average molecular weight is 251 g/mol. The predicted octanol–water partition coefficient (Wildman–Crippen LogP) is 0.872. The number of hydrogen-bond donors (Lipinski definition) is 3. The van der Waals surface area contributed by atoms with Crippen LogP contribution in [0.2, 0.25) is 0 Å². The van der Waals surface area contributed by atoms with Crippen LogP contribution in [0.3, 0.4) is 0 Å². The number of aliphatic carboxylic acids is 1. The standard InChI is InChI=1S/C13H17NO4/c1-3-9-4-6-10(7-5-9)12(16)11(13(17)18)14-8(2)15/h4-7,11-12,16H,3H2,1-2H3,(H,14,15)(H,17,18). The minimum Gasteiger partial charge on any atom is -0.480 e. The maximum absolute atomic E-state index is 11.0. The van der Waals surface area contributed by atoms with Gasteiger partial charge in [0, 0.05) is 6.92 Å². The smallest absolute Gasteiger partial charge is 0.329 e. The van der Waals surface area contributed by atoms with Crippen molar-refractivity contribution in [1.29, 1.82) is 0 Å². The number of nitrogens with one attached hydrogen (secondary N) is 1. The van der Waals surface area contributed by atoms with E-state index < -0.39 is 24.0 Å². The van der Waals surface area contributed by atoms with Crippen LogP contribution in [0.15, 0.2) is 24.3 Å². The quantitative estimate of drug-likeness (QED) is 0.724. The van der Waals surface area contributed by atoms with E-state index in [0.29, 0.717) is 5.56 Å². The Balaban J connectivity index is 2.90. The molecule has 3 N–H and O–H groups in total. The SMILES string of the molecule is CCc1ccc(C(O)C(NC(C)=O)C(=O)O)cc1. The Morgan fingerprint density at radius 3 is 2.22 bits per heavy atom. The fourth-order valence-electron chi connectivity index (χ4n) is 1.64. The molecule has 0 aliphatic heterocycles. The van der Waals surface area contributed by atoms with Crippen LogP contribution in [0.25, 0.3) is 0 Å². The van der Waals surface area contributed by atoms with Crippen molar-refractivity contribution in [1.82, 2.24) is 5.32 Å². The number of carbonyl (C=O) groups excluding carboxylic acids is 1. The van der Waals surface area contributed by atoms with E-state index in [4.69, 9.17) is 5.11 Å². The molecule has 0 saturated heterocycles. The lowest BCUT2D eigenvalue weighted by Crippen LogP contribution is -2.44. The van der Waals surface area contributed by atoms with Gasteiger partial charge >= 0.3 is 5.97 Å². The number of hydrogen-bond acceptors (Lipinski definition) is 3. The summed E-state index contributed by atoms with van der Waals surface area (Å²) in [5.74, 6) is -1.76. The molecule has 0 spiro atoms. The molecule has 2 atom stereocenters. The molecule has 98 valence electrons. The first-order valence-electron chi connectivity index (χ1n) is 5.72. The summed E-state index contributed by atoms with van der Waals surface area (Å²) in [7, 11) is 0. The molecule has 0 aromatic heterocycles. The first-order valence-corrected chi connectivity index (χ1v) is 5.72. The highest BCUT2D eigenvalue weighted by Gasteiger charge is 2.28. The molecule has 0 aliphatic rings. The summed E-state index contributed by atoms with van der Waals surface area (Å²) in [5, 5.41) is 21.2. The molecular weight excluding hydrogens is 234 g/mol. The molecule has 1 aromatic rings. The maximum Gasteiger partial charge on any atom is 0.329 e. The second kappa shape index (κ2) is 6.16. The summed E-state index contributed by atoms with van der Waals surface area (Å²) in [6.07, 6.45) is -0.401. The predicted molar refractivity (Wildman–Crippen MR) is 66.0 cm³/mol. The van der Waals surface area contributed by atoms with Crippen LogP contribution in [0.4, 0.5) is 0 Å². The normalized spacial score (nSPS) is 13.7. The van der Waals surface area contributed by atoms with Crippen LogP contribution in [0, 0.1) is 0 Å². The van der Waals surface area contributed by atoms with E-state index in [0.717, 1.165) is 12.0 Å². The highest BCUT2D eigenvalue weighted by atomic mass is 16.4. The summed E-state index contributed by atoms with van der Waals surface area (Å²) >= 11 is 0. The van der Waals surface area contributed by atoms with Crippen LogP contribution in [0.1, 0.15) is 31.1 Å². The molecule has 18 heavy (non-hydrogen) atoms. The van der Waals surface area contributed by atoms with Crippen LogP contribution in [-0.2, 0) is 16.0 Å². The Hall–Kier alpha value is -1.88. The van der Waals surface area contributed by atoms with Gasteiger partial charge in [0.15, 0.2) is 6.04 Å². The van der Waals surface area contributed by atoms with Crippen molar-refractivity contribution in [2.45, 2.75) is 32.4 Å². The van der Waals surface area contributed by atoms with Gasteiger partial charge in [-0.3, -0.25) is 4.79 Å². The third kappa shape index (κ3) is 3.56. The van der Waals surface area contributed by atoms with E-state index in [2.05, 4.69) is 5.32 Å². The van der Waals surface area contributed by atoms with Crippen molar-refractivity contribution in [3.8, 4) is 0 Å². The largest absolute Gasteiger partial charge is 0.480 e. The number of benzene rings is 1. The molecule has 0 radical (unpaired) electrons. The summed E-state index contributed by atoms with van der Waals surface area (Å²) in [6.45, 7) is 3.21. The second-order valence-corrected chi connectivity index (χ2v) is 4.06. The second-order valence-electron chi connectivity index (χ2n) is 4.06. The maximum atomic E-state index is 11.0. The number of aliphatic hydroxyl groups excluding tert-OH is 1. The third-order valence-corrected chi connectivity index (χ3v) is 2.67. The first-order chi connectivity index (χ1) is 8.45. The Bertz CT molecular complexity index is 427. The van der Waals surface area contributed by atoms with Crippen molar-refractivity contribution in [3.63, 3.8) is 0 Å². The lowest BCUT2D eigenvalue weighted by molar-refractivity contribution is -0.145. The average Bonchev–Trinajstić information content (AvgIpc) is 2.34. The van der Waals surface area contributed by atoms with E-state index in [9.17, 15) is 14.7 Å². The molecule has 2 unspecified atom stereocenters. The molecule has 0 heterocycles.